The maximum absolute atomic E-state index is 11.7. The molecule has 0 amide bonds. The van der Waals surface area contributed by atoms with Crippen LogP contribution in [0.5, 0.6) is 0 Å². The van der Waals surface area contributed by atoms with Crippen LogP contribution < -0.4 is 12.4 Å². The zero-order valence-electron chi connectivity index (χ0n) is 6.76. The topological polar surface area (TPSA) is 0 Å². The van der Waals surface area contributed by atoms with Gasteiger partial charge in [0.25, 0.3) is 0 Å². The highest BCUT2D eigenvalue weighted by Crippen LogP contribution is 2.12. The van der Waals surface area contributed by atoms with E-state index in [1.54, 1.807) is 30.3 Å². The predicted molar refractivity (Wildman–Crippen MR) is 38.6 cm³/mol. The highest BCUT2D eigenvalue weighted by atomic mass is 35.5. The van der Waals surface area contributed by atoms with Crippen molar-refractivity contribution in [2.45, 2.75) is 6.42 Å². The Bertz CT molecular complexity index is 235. The van der Waals surface area contributed by atoms with Gasteiger partial charge >= 0.3 is 0 Å². The number of nitrogens with zero attached hydrogens (tertiary/aromatic N) is 1. The predicted octanol–water partition coefficient (Wildman–Crippen LogP) is -0.297. The fraction of sp³-hybridized carbons (Fsp3) is 0.250. The quantitative estimate of drug-likeness (QED) is 0.603. The molecule has 1 nitrogen and oxygen atoms in total. The van der Waals surface area contributed by atoms with E-state index in [1.165, 1.54) is 0 Å². The van der Waals surface area contributed by atoms with Crippen molar-refractivity contribution in [3.8, 4) is 0 Å². The zero-order valence-corrected chi connectivity index (χ0v) is 7.52. The fourth-order valence-corrected chi connectivity index (χ4v) is 0.901. The first-order valence-corrected chi connectivity index (χ1v) is 3.59. The molecule has 0 spiro atoms. The van der Waals surface area contributed by atoms with E-state index in [1.807, 2.05) is 0 Å². The standard InChI is InChI=1S/C8H9F3N.ClH/c9-12(10,11)7-6-8-4-2-1-3-5-8;/h1-5H,6-7H2;1H/q+1;/p-1. The summed E-state index contributed by atoms with van der Waals surface area (Å²) >= 11 is 0. The third-order valence-corrected chi connectivity index (χ3v) is 1.50. The second kappa shape index (κ2) is 5.09. The lowest BCUT2D eigenvalue weighted by atomic mass is 10.2. The van der Waals surface area contributed by atoms with Gasteiger partial charge in [-0.05, 0) is 5.56 Å². The lowest BCUT2D eigenvalue weighted by molar-refractivity contribution is -1.27. The van der Waals surface area contributed by atoms with E-state index in [0.29, 0.717) is 5.56 Å². The largest absolute Gasteiger partial charge is 1.00 e. The lowest BCUT2D eigenvalue weighted by Gasteiger charge is -2.00. The molecule has 1 rings (SSSR count). The van der Waals surface area contributed by atoms with Crippen molar-refractivity contribution >= 4 is 0 Å². The molecule has 74 valence electrons. The van der Waals surface area contributed by atoms with Gasteiger partial charge in [0.2, 0.25) is 11.7 Å². The second-order valence-corrected chi connectivity index (χ2v) is 2.51. The zero-order chi connectivity index (χ0) is 9.03. The number of hydrogen-bond donors (Lipinski definition) is 0. The van der Waals surface area contributed by atoms with Gasteiger partial charge in [0.15, 0.2) is 0 Å². The van der Waals surface area contributed by atoms with Gasteiger partial charge in [0.05, 0.1) is 13.4 Å². The minimum absolute atomic E-state index is 0. The summed E-state index contributed by atoms with van der Waals surface area (Å²) in [5.41, 5.74) is 0.716. The highest BCUT2D eigenvalue weighted by molar-refractivity contribution is 5.14. The first kappa shape index (κ1) is 12.3. The molecule has 0 unspecified atom stereocenters. The first-order valence-electron chi connectivity index (χ1n) is 3.59. The smallest absolute Gasteiger partial charge is 0.244 e. The molecular weight excluding hydrogens is 203 g/mol. The van der Waals surface area contributed by atoms with Crippen molar-refractivity contribution in [3.05, 3.63) is 35.9 Å². The van der Waals surface area contributed by atoms with Crippen molar-refractivity contribution in [1.29, 1.82) is 0 Å². The Hall–Kier alpha value is -0.740. The normalized spacial score (nSPS) is 10.7. The van der Waals surface area contributed by atoms with Crippen LogP contribution in [0.4, 0.5) is 13.4 Å². The van der Waals surface area contributed by atoms with Crippen LogP contribution >= 0.6 is 0 Å². The second-order valence-electron chi connectivity index (χ2n) is 2.51. The molecule has 1 aromatic carbocycles. The molecule has 0 aliphatic rings. The maximum atomic E-state index is 11.7. The molecule has 1 aromatic rings. The fourth-order valence-electron chi connectivity index (χ4n) is 0.901. The Morgan fingerprint density at radius 2 is 1.54 bits per heavy atom. The van der Waals surface area contributed by atoms with Crippen LogP contribution in [0.15, 0.2) is 30.3 Å². The molecule has 5 heteroatoms. The summed E-state index contributed by atoms with van der Waals surface area (Å²) in [7, 11) is 0. The minimum atomic E-state index is -3.46. The van der Waals surface area contributed by atoms with Gasteiger partial charge in [0, 0.05) is 6.42 Å². The van der Waals surface area contributed by atoms with Crippen LogP contribution in [0.25, 0.3) is 0 Å². The number of rotatable bonds is 3. The third-order valence-electron chi connectivity index (χ3n) is 1.50. The van der Waals surface area contributed by atoms with Crippen LogP contribution in [0.2, 0.25) is 0 Å². The van der Waals surface area contributed by atoms with Gasteiger partial charge in [-0.15, -0.1) is 0 Å². The Labute approximate surface area is 80.6 Å². The number of quaternary nitrogens is 1. The lowest BCUT2D eigenvalue weighted by Crippen LogP contribution is -3.00. The summed E-state index contributed by atoms with van der Waals surface area (Å²) in [6, 6.07) is 8.63. The molecule has 0 heterocycles. The van der Waals surface area contributed by atoms with Crippen molar-refractivity contribution in [2.75, 3.05) is 6.54 Å². The molecule has 0 saturated carbocycles. The molecule has 0 fully saturated rings. The summed E-state index contributed by atoms with van der Waals surface area (Å²) in [5.74, 6) is 0. The summed E-state index contributed by atoms with van der Waals surface area (Å²) in [4.78, 5) is 0. The molecule has 13 heavy (non-hydrogen) atoms. The van der Waals surface area contributed by atoms with Crippen LogP contribution in [0.3, 0.4) is 0 Å². The van der Waals surface area contributed by atoms with Crippen LogP contribution in [-0.4, -0.2) is 11.7 Å². The van der Waals surface area contributed by atoms with Crippen LogP contribution in [0.1, 0.15) is 5.56 Å². The van der Waals surface area contributed by atoms with Crippen LogP contribution in [-0.2, 0) is 6.42 Å². The molecule has 0 bridgehead atoms. The molecule has 0 aromatic heterocycles. The summed E-state index contributed by atoms with van der Waals surface area (Å²) < 4.78 is 35.0. The third kappa shape index (κ3) is 5.49. The van der Waals surface area contributed by atoms with E-state index in [0.717, 1.165) is 0 Å². The number of hydrogen-bond acceptors (Lipinski definition) is 0. The number of benzene rings is 1. The Morgan fingerprint density at radius 3 is 2.00 bits per heavy atom. The van der Waals surface area contributed by atoms with Gasteiger partial charge in [0.1, 0.15) is 0 Å². The average Bonchev–Trinajstić information content (AvgIpc) is 2.02. The monoisotopic (exact) mass is 211 g/mol. The Balaban J connectivity index is 0.00000144. The van der Waals surface area contributed by atoms with Gasteiger partial charge in [-0.1, -0.05) is 30.3 Å². The summed E-state index contributed by atoms with van der Waals surface area (Å²) in [5, 5.41) is -3.46. The van der Waals surface area contributed by atoms with E-state index < -0.39 is 11.7 Å². The van der Waals surface area contributed by atoms with E-state index in [9.17, 15) is 13.4 Å². The first-order chi connectivity index (χ1) is 5.58. The number of halogens is 4. The van der Waals surface area contributed by atoms with E-state index in [-0.39, 0.29) is 18.8 Å². The van der Waals surface area contributed by atoms with Crippen molar-refractivity contribution in [1.82, 2.24) is 0 Å². The summed E-state index contributed by atoms with van der Waals surface area (Å²) in [6.07, 6.45) is 0.0460. The molecule has 0 aliphatic heterocycles. The average molecular weight is 212 g/mol. The van der Waals surface area contributed by atoms with Gasteiger partial charge < -0.3 is 12.4 Å². The van der Waals surface area contributed by atoms with Crippen molar-refractivity contribution in [3.63, 3.8) is 0 Å². The molecule has 0 radical (unpaired) electrons. The molecule has 0 saturated heterocycles. The van der Waals surface area contributed by atoms with E-state index >= 15 is 0 Å². The Morgan fingerprint density at radius 1 is 1.00 bits per heavy atom. The maximum Gasteiger partial charge on any atom is 0.244 e. The van der Waals surface area contributed by atoms with Gasteiger partial charge in [-0.2, -0.15) is 0 Å². The van der Waals surface area contributed by atoms with Crippen molar-refractivity contribution < 1.29 is 31.0 Å². The van der Waals surface area contributed by atoms with Gasteiger partial charge in [-0.3, -0.25) is 0 Å². The van der Waals surface area contributed by atoms with Crippen molar-refractivity contribution in [2.24, 2.45) is 0 Å². The minimum Gasteiger partial charge on any atom is -1.00 e. The summed E-state index contributed by atoms with van der Waals surface area (Å²) in [6.45, 7) is -0.802. The highest BCUT2D eigenvalue weighted by Gasteiger charge is 2.29. The molecule has 0 aliphatic carbocycles. The van der Waals surface area contributed by atoms with E-state index in [4.69, 9.17) is 0 Å². The molecular formula is C8H9ClF3N. The Kier molecular flexibility index (Phi) is 4.80. The molecule has 0 N–H and O–H groups in total. The molecule has 0 atom stereocenters. The van der Waals surface area contributed by atoms with E-state index in [2.05, 4.69) is 0 Å². The SMILES string of the molecule is F[N+](F)(F)CCc1ccccc1.[Cl-]. The van der Waals surface area contributed by atoms with Gasteiger partial charge in [-0.25, -0.2) is 0 Å². The van der Waals surface area contributed by atoms with Crippen LogP contribution in [0, 0.1) is 0 Å².